The molecule has 0 radical (unpaired) electrons. The Balaban J connectivity index is 1.56. The number of fused-ring (bicyclic) bond motifs is 2. The number of nitrogens with one attached hydrogen (secondary N) is 3. The molecule has 0 saturated carbocycles. The van der Waals surface area contributed by atoms with Crippen LogP contribution in [0.3, 0.4) is 0 Å². The second-order valence-electron chi connectivity index (χ2n) is 5.03. The molecule has 0 atom stereocenters. The quantitative estimate of drug-likeness (QED) is 0.507. The van der Waals surface area contributed by atoms with E-state index in [-0.39, 0.29) is 0 Å². The van der Waals surface area contributed by atoms with E-state index >= 15 is 0 Å². The van der Waals surface area contributed by atoms with Crippen molar-refractivity contribution in [3.63, 3.8) is 0 Å². The van der Waals surface area contributed by atoms with Gasteiger partial charge in [0.2, 0.25) is 0 Å². The van der Waals surface area contributed by atoms with Gasteiger partial charge in [0, 0.05) is 41.0 Å². The summed E-state index contributed by atoms with van der Waals surface area (Å²) < 4.78 is 0. The molecule has 0 unspecified atom stereocenters. The van der Waals surface area contributed by atoms with Crippen molar-refractivity contribution in [2.45, 2.75) is 6.54 Å². The maximum absolute atomic E-state index is 3.47. The third-order valence-electron chi connectivity index (χ3n) is 3.67. The average Bonchev–Trinajstić information content (AvgIpc) is 3.12. The van der Waals surface area contributed by atoms with Crippen molar-refractivity contribution in [1.82, 2.24) is 9.97 Å². The fourth-order valence-corrected chi connectivity index (χ4v) is 2.57. The summed E-state index contributed by atoms with van der Waals surface area (Å²) in [4.78, 5) is 6.45. The number of hydrogen-bond acceptors (Lipinski definition) is 1. The number of benzene rings is 2. The number of hydrogen-bond donors (Lipinski definition) is 3. The summed E-state index contributed by atoms with van der Waals surface area (Å²) in [5.41, 5.74) is 4.77. The van der Waals surface area contributed by atoms with Gasteiger partial charge in [-0.1, -0.05) is 12.1 Å². The predicted octanol–water partition coefficient (Wildman–Crippen LogP) is 4.26. The van der Waals surface area contributed by atoms with Crippen LogP contribution in [0.5, 0.6) is 0 Å². The molecule has 0 saturated heterocycles. The normalized spacial score (nSPS) is 11.2. The third-order valence-corrected chi connectivity index (χ3v) is 3.67. The molecule has 0 amide bonds. The lowest BCUT2D eigenvalue weighted by molar-refractivity contribution is 1.15. The highest BCUT2D eigenvalue weighted by Crippen LogP contribution is 2.19. The Bertz CT molecular complexity index is 796. The minimum absolute atomic E-state index is 0.824. The third kappa shape index (κ3) is 1.93. The Morgan fingerprint density at radius 2 is 1.60 bits per heavy atom. The highest BCUT2D eigenvalue weighted by molar-refractivity contribution is 5.83. The molecule has 20 heavy (non-hydrogen) atoms. The van der Waals surface area contributed by atoms with Crippen LogP contribution in [0.25, 0.3) is 21.8 Å². The molecule has 0 fully saturated rings. The van der Waals surface area contributed by atoms with Gasteiger partial charge >= 0.3 is 0 Å². The first-order valence-corrected chi connectivity index (χ1v) is 6.75. The maximum atomic E-state index is 3.47. The van der Waals surface area contributed by atoms with E-state index in [0.717, 1.165) is 12.2 Å². The van der Waals surface area contributed by atoms with Crippen LogP contribution in [0.1, 0.15) is 5.56 Å². The topological polar surface area (TPSA) is 43.6 Å². The molecule has 3 nitrogen and oxygen atoms in total. The van der Waals surface area contributed by atoms with Gasteiger partial charge in [0.1, 0.15) is 0 Å². The number of aromatic amines is 2. The summed E-state index contributed by atoms with van der Waals surface area (Å²) in [6, 6.07) is 17.1. The Kier molecular flexibility index (Phi) is 2.49. The smallest absolute Gasteiger partial charge is 0.0457 e. The first-order chi connectivity index (χ1) is 9.88. The number of rotatable bonds is 3. The Hall–Kier alpha value is -2.68. The predicted molar refractivity (Wildman–Crippen MR) is 83.9 cm³/mol. The molecule has 2 aromatic heterocycles. The molecular weight excluding hydrogens is 246 g/mol. The van der Waals surface area contributed by atoms with Gasteiger partial charge in [0.25, 0.3) is 0 Å². The molecule has 3 heteroatoms. The zero-order valence-corrected chi connectivity index (χ0v) is 11.0. The lowest BCUT2D eigenvalue weighted by Crippen LogP contribution is -1.98. The molecule has 3 N–H and O–H groups in total. The molecular formula is C17H15N3. The summed E-state index contributed by atoms with van der Waals surface area (Å²) in [6.07, 6.45) is 3.94. The minimum atomic E-state index is 0.824. The second kappa shape index (κ2) is 4.46. The number of aromatic nitrogens is 2. The lowest BCUT2D eigenvalue weighted by atomic mass is 10.1. The van der Waals surface area contributed by atoms with Crippen molar-refractivity contribution in [2.24, 2.45) is 0 Å². The van der Waals surface area contributed by atoms with Crippen molar-refractivity contribution in [3.05, 3.63) is 66.5 Å². The van der Waals surface area contributed by atoms with Gasteiger partial charge in [-0.25, -0.2) is 0 Å². The van der Waals surface area contributed by atoms with Crippen molar-refractivity contribution >= 4 is 27.5 Å². The van der Waals surface area contributed by atoms with E-state index < -0.39 is 0 Å². The summed E-state index contributed by atoms with van der Waals surface area (Å²) in [5.74, 6) is 0. The van der Waals surface area contributed by atoms with Crippen LogP contribution < -0.4 is 5.32 Å². The summed E-state index contributed by atoms with van der Waals surface area (Å²) in [5, 5.41) is 5.96. The van der Waals surface area contributed by atoms with E-state index in [0.29, 0.717) is 0 Å². The highest BCUT2D eigenvalue weighted by Gasteiger charge is 1.99. The molecule has 0 aliphatic rings. The first-order valence-electron chi connectivity index (χ1n) is 6.75. The molecule has 4 aromatic rings. The van der Waals surface area contributed by atoms with Crippen molar-refractivity contribution in [1.29, 1.82) is 0 Å². The van der Waals surface area contributed by atoms with Crippen LogP contribution in [0.2, 0.25) is 0 Å². The van der Waals surface area contributed by atoms with Crippen molar-refractivity contribution in [2.75, 3.05) is 5.32 Å². The SMILES string of the molecule is c1cc2cc(NCc3ccc4cc[nH]c4c3)ccc2[nH]1. The molecule has 0 bridgehead atoms. The van der Waals surface area contributed by atoms with Gasteiger partial charge in [0.05, 0.1) is 0 Å². The maximum Gasteiger partial charge on any atom is 0.0457 e. The van der Waals surface area contributed by atoms with E-state index in [1.807, 2.05) is 12.4 Å². The molecule has 4 rings (SSSR count). The Labute approximate surface area is 116 Å². The fourth-order valence-electron chi connectivity index (χ4n) is 2.57. The van der Waals surface area contributed by atoms with Crippen LogP contribution in [0, 0.1) is 0 Å². The Morgan fingerprint density at radius 3 is 2.55 bits per heavy atom. The first kappa shape index (κ1) is 11.2. The van der Waals surface area contributed by atoms with Crippen LogP contribution in [0.15, 0.2) is 60.9 Å². The van der Waals surface area contributed by atoms with Crippen molar-refractivity contribution in [3.8, 4) is 0 Å². The minimum Gasteiger partial charge on any atom is -0.381 e. The molecule has 98 valence electrons. The van der Waals surface area contributed by atoms with E-state index in [9.17, 15) is 0 Å². The molecule has 0 aliphatic carbocycles. The lowest BCUT2D eigenvalue weighted by Gasteiger charge is -2.07. The summed E-state index contributed by atoms with van der Waals surface area (Å²) in [7, 11) is 0. The van der Waals surface area contributed by atoms with Gasteiger partial charge in [-0.05, 0) is 47.3 Å². The monoisotopic (exact) mass is 261 g/mol. The standard InChI is InChI=1S/C17H15N3/c1-2-13-5-7-19-17(13)9-12(1)11-20-15-3-4-16-14(10-15)6-8-18-16/h1-10,18-20H,11H2. The average molecular weight is 261 g/mol. The van der Waals surface area contributed by atoms with Crippen molar-refractivity contribution < 1.29 is 0 Å². The number of anilines is 1. The molecule has 0 aliphatic heterocycles. The van der Waals surface area contributed by atoms with Gasteiger partial charge in [-0.15, -0.1) is 0 Å². The van der Waals surface area contributed by atoms with Crippen LogP contribution in [-0.4, -0.2) is 9.97 Å². The van der Waals surface area contributed by atoms with E-state index in [1.165, 1.54) is 27.4 Å². The molecule has 2 heterocycles. The van der Waals surface area contributed by atoms with E-state index in [4.69, 9.17) is 0 Å². The zero-order chi connectivity index (χ0) is 13.4. The largest absolute Gasteiger partial charge is 0.381 e. The zero-order valence-electron chi connectivity index (χ0n) is 11.0. The van der Waals surface area contributed by atoms with E-state index in [1.54, 1.807) is 0 Å². The Morgan fingerprint density at radius 1 is 0.750 bits per heavy atom. The molecule has 2 aromatic carbocycles. The van der Waals surface area contributed by atoms with Crippen LogP contribution >= 0.6 is 0 Å². The number of H-pyrrole nitrogens is 2. The summed E-state index contributed by atoms with van der Waals surface area (Å²) in [6.45, 7) is 0.824. The van der Waals surface area contributed by atoms with E-state index in [2.05, 4.69) is 63.8 Å². The van der Waals surface area contributed by atoms with Gasteiger partial charge in [0.15, 0.2) is 0 Å². The van der Waals surface area contributed by atoms with Crippen LogP contribution in [-0.2, 0) is 6.54 Å². The second-order valence-corrected chi connectivity index (χ2v) is 5.03. The molecule has 0 spiro atoms. The summed E-state index contributed by atoms with van der Waals surface area (Å²) >= 11 is 0. The van der Waals surface area contributed by atoms with Gasteiger partial charge in [-0.3, -0.25) is 0 Å². The van der Waals surface area contributed by atoms with Gasteiger partial charge < -0.3 is 15.3 Å². The van der Waals surface area contributed by atoms with Gasteiger partial charge in [-0.2, -0.15) is 0 Å². The highest BCUT2D eigenvalue weighted by atomic mass is 14.9. The fraction of sp³-hybridized carbons (Fsp3) is 0.0588. The van der Waals surface area contributed by atoms with Crippen LogP contribution in [0.4, 0.5) is 5.69 Å².